The molecule has 90 valence electrons. The summed E-state index contributed by atoms with van der Waals surface area (Å²) in [7, 11) is 0. The molecule has 0 saturated carbocycles. The first-order valence-corrected chi connectivity index (χ1v) is 6.20. The Morgan fingerprint density at radius 3 is 2.50 bits per heavy atom. The SMILES string of the molecule is CCC(C)N(CC)c1ccc(C)cc1CN. The van der Waals surface area contributed by atoms with Gasteiger partial charge in [0, 0.05) is 24.8 Å². The number of nitrogens with zero attached hydrogens (tertiary/aromatic N) is 1. The van der Waals surface area contributed by atoms with Crippen LogP contribution >= 0.6 is 0 Å². The Bertz CT molecular complexity index is 334. The average Bonchev–Trinajstić information content (AvgIpc) is 2.31. The maximum absolute atomic E-state index is 5.83. The van der Waals surface area contributed by atoms with Gasteiger partial charge >= 0.3 is 0 Å². The van der Waals surface area contributed by atoms with E-state index in [4.69, 9.17) is 5.73 Å². The molecule has 1 aromatic carbocycles. The Balaban J connectivity index is 3.08. The normalized spacial score (nSPS) is 12.6. The number of hydrogen-bond acceptors (Lipinski definition) is 2. The fourth-order valence-electron chi connectivity index (χ4n) is 2.10. The van der Waals surface area contributed by atoms with Crippen molar-refractivity contribution in [1.82, 2.24) is 0 Å². The number of anilines is 1. The Hall–Kier alpha value is -1.02. The van der Waals surface area contributed by atoms with Crippen LogP contribution in [0.2, 0.25) is 0 Å². The molecule has 1 atom stereocenters. The van der Waals surface area contributed by atoms with Gasteiger partial charge in [0.05, 0.1) is 0 Å². The lowest BCUT2D eigenvalue weighted by Gasteiger charge is -2.31. The second-order valence-electron chi connectivity index (χ2n) is 4.38. The van der Waals surface area contributed by atoms with Gasteiger partial charge in [0.2, 0.25) is 0 Å². The summed E-state index contributed by atoms with van der Waals surface area (Å²) in [6, 6.07) is 7.13. The van der Waals surface area contributed by atoms with E-state index in [1.54, 1.807) is 0 Å². The van der Waals surface area contributed by atoms with Crippen molar-refractivity contribution in [2.75, 3.05) is 11.4 Å². The van der Waals surface area contributed by atoms with Gasteiger partial charge in [-0.3, -0.25) is 0 Å². The van der Waals surface area contributed by atoms with Gasteiger partial charge in [0.15, 0.2) is 0 Å². The van der Waals surface area contributed by atoms with Crippen LogP contribution in [0.4, 0.5) is 5.69 Å². The van der Waals surface area contributed by atoms with Gasteiger partial charge in [-0.2, -0.15) is 0 Å². The Kier molecular flexibility index (Phi) is 4.81. The third-order valence-corrected chi connectivity index (χ3v) is 3.23. The zero-order chi connectivity index (χ0) is 12.1. The molecule has 0 amide bonds. The van der Waals surface area contributed by atoms with Crippen molar-refractivity contribution in [3.8, 4) is 0 Å². The number of rotatable bonds is 5. The van der Waals surface area contributed by atoms with Crippen LogP contribution in [0.5, 0.6) is 0 Å². The third kappa shape index (κ3) is 2.76. The van der Waals surface area contributed by atoms with Crippen molar-refractivity contribution < 1.29 is 0 Å². The highest BCUT2D eigenvalue weighted by Gasteiger charge is 2.13. The molecule has 16 heavy (non-hydrogen) atoms. The van der Waals surface area contributed by atoms with Crippen molar-refractivity contribution >= 4 is 5.69 Å². The summed E-state index contributed by atoms with van der Waals surface area (Å²) in [5, 5.41) is 0. The maximum atomic E-state index is 5.83. The van der Waals surface area contributed by atoms with E-state index in [0.717, 1.165) is 13.0 Å². The monoisotopic (exact) mass is 220 g/mol. The summed E-state index contributed by atoms with van der Waals surface area (Å²) < 4.78 is 0. The van der Waals surface area contributed by atoms with Crippen LogP contribution in [-0.4, -0.2) is 12.6 Å². The summed E-state index contributed by atoms with van der Waals surface area (Å²) >= 11 is 0. The van der Waals surface area contributed by atoms with Crippen LogP contribution in [0.1, 0.15) is 38.3 Å². The van der Waals surface area contributed by atoms with E-state index >= 15 is 0 Å². The van der Waals surface area contributed by atoms with E-state index in [1.807, 2.05) is 0 Å². The molecule has 0 saturated heterocycles. The zero-order valence-corrected chi connectivity index (χ0v) is 11.0. The first-order chi connectivity index (χ1) is 7.63. The molecule has 0 aromatic heterocycles. The number of nitrogens with two attached hydrogens (primary N) is 1. The van der Waals surface area contributed by atoms with Gasteiger partial charge in [0.1, 0.15) is 0 Å². The van der Waals surface area contributed by atoms with Crippen LogP contribution in [-0.2, 0) is 6.54 Å². The molecule has 0 aliphatic heterocycles. The van der Waals surface area contributed by atoms with Gasteiger partial charge in [-0.05, 0) is 38.8 Å². The molecular weight excluding hydrogens is 196 g/mol. The van der Waals surface area contributed by atoms with Gasteiger partial charge in [0.25, 0.3) is 0 Å². The van der Waals surface area contributed by atoms with Crippen LogP contribution in [0.25, 0.3) is 0 Å². The first kappa shape index (κ1) is 13.0. The van der Waals surface area contributed by atoms with Gasteiger partial charge in [-0.15, -0.1) is 0 Å². The molecule has 2 heteroatoms. The molecule has 2 N–H and O–H groups in total. The Morgan fingerprint density at radius 1 is 1.31 bits per heavy atom. The van der Waals surface area contributed by atoms with E-state index in [9.17, 15) is 0 Å². The number of benzene rings is 1. The fraction of sp³-hybridized carbons (Fsp3) is 0.571. The molecule has 1 rings (SSSR count). The van der Waals surface area contributed by atoms with Gasteiger partial charge < -0.3 is 10.6 Å². The van der Waals surface area contributed by atoms with E-state index < -0.39 is 0 Å². The predicted octanol–water partition coefficient (Wildman–Crippen LogP) is 3.08. The lowest BCUT2D eigenvalue weighted by molar-refractivity contribution is 0.627. The number of hydrogen-bond donors (Lipinski definition) is 1. The van der Waals surface area contributed by atoms with E-state index in [0.29, 0.717) is 12.6 Å². The Labute approximate surface area is 99.5 Å². The van der Waals surface area contributed by atoms with Crippen LogP contribution in [0.3, 0.4) is 0 Å². The van der Waals surface area contributed by atoms with Crippen molar-refractivity contribution in [1.29, 1.82) is 0 Å². The number of aryl methyl sites for hydroxylation is 1. The highest BCUT2D eigenvalue weighted by atomic mass is 15.2. The van der Waals surface area contributed by atoms with E-state index in [-0.39, 0.29) is 0 Å². The van der Waals surface area contributed by atoms with Crippen molar-refractivity contribution in [3.63, 3.8) is 0 Å². The Morgan fingerprint density at radius 2 is 2.00 bits per heavy atom. The average molecular weight is 220 g/mol. The van der Waals surface area contributed by atoms with Crippen LogP contribution in [0, 0.1) is 6.92 Å². The quantitative estimate of drug-likeness (QED) is 0.826. The van der Waals surface area contributed by atoms with Gasteiger partial charge in [-0.25, -0.2) is 0 Å². The summed E-state index contributed by atoms with van der Waals surface area (Å²) in [5.41, 5.74) is 9.66. The highest BCUT2D eigenvalue weighted by Crippen LogP contribution is 2.24. The largest absolute Gasteiger partial charge is 0.369 e. The predicted molar refractivity (Wildman–Crippen MR) is 71.8 cm³/mol. The molecule has 0 heterocycles. The van der Waals surface area contributed by atoms with E-state index in [2.05, 4.69) is 50.8 Å². The summed E-state index contributed by atoms with van der Waals surface area (Å²) in [6.45, 7) is 10.5. The maximum Gasteiger partial charge on any atom is 0.0414 e. The molecule has 0 radical (unpaired) electrons. The van der Waals surface area contributed by atoms with Crippen molar-refractivity contribution in [2.24, 2.45) is 5.73 Å². The minimum atomic E-state index is 0.568. The van der Waals surface area contributed by atoms with Crippen LogP contribution < -0.4 is 10.6 Å². The summed E-state index contributed by atoms with van der Waals surface area (Å²) in [6.07, 6.45) is 1.16. The molecule has 0 aliphatic rings. The first-order valence-electron chi connectivity index (χ1n) is 6.20. The highest BCUT2D eigenvalue weighted by molar-refractivity contribution is 5.55. The molecular formula is C14H24N2. The minimum Gasteiger partial charge on any atom is -0.369 e. The molecule has 1 unspecified atom stereocenters. The third-order valence-electron chi connectivity index (χ3n) is 3.23. The lowest BCUT2D eigenvalue weighted by atomic mass is 10.1. The fourth-order valence-corrected chi connectivity index (χ4v) is 2.10. The molecule has 0 bridgehead atoms. The van der Waals surface area contributed by atoms with Crippen LogP contribution in [0.15, 0.2) is 18.2 Å². The second-order valence-corrected chi connectivity index (χ2v) is 4.38. The van der Waals surface area contributed by atoms with Gasteiger partial charge in [-0.1, -0.05) is 24.6 Å². The minimum absolute atomic E-state index is 0.568. The molecule has 2 nitrogen and oxygen atoms in total. The summed E-state index contributed by atoms with van der Waals surface area (Å²) in [4.78, 5) is 2.43. The smallest absolute Gasteiger partial charge is 0.0414 e. The lowest BCUT2D eigenvalue weighted by Crippen LogP contribution is -2.33. The molecule has 0 spiro atoms. The molecule has 0 aliphatic carbocycles. The van der Waals surface area contributed by atoms with E-state index in [1.165, 1.54) is 16.8 Å². The van der Waals surface area contributed by atoms with Crippen molar-refractivity contribution in [2.45, 2.75) is 46.7 Å². The topological polar surface area (TPSA) is 29.3 Å². The molecule has 1 aromatic rings. The molecule has 0 fully saturated rings. The van der Waals surface area contributed by atoms with Crippen molar-refractivity contribution in [3.05, 3.63) is 29.3 Å². The second kappa shape index (κ2) is 5.90. The summed E-state index contributed by atoms with van der Waals surface area (Å²) in [5.74, 6) is 0. The standard InChI is InChI=1S/C14H24N2/c1-5-12(4)16(6-2)14-8-7-11(3)9-13(14)10-15/h7-9,12H,5-6,10,15H2,1-4H3. The zero-order valence-electron chi connectivity index (χ0n) is 11.0.